The third-order valence-corrected chi connectivity index (χ3v) is 2.91. The summed E-state index contributed by atoms with van der Waals surface area (Å²) in [5.41, 5.74) is 1.97. The van der Waals surface area contributed by atoms with Gasteiger partial charge in [0.15, 0.2) is 0 Å². The van der Waals surface area contributed by atoms with E-state index < -0.39 is 0 Å². The van der Waals surface area contributed by atoms with Crippen molar-refractivity contribution in [3.63, 3.8) is 0 Å². The Morgan fingerprint density at radius 1 is 0.696 bits per heavy atom. The van der Waals surface area contributed by atoms with Crippen molar-refractivity contribution in [3.05, 3.63) is 59.7 Å². The van der Waals surface area contributed by atoms with Crippen LogP contribution in [0.15, 0.2) is 48.5 Å². The summed E-state index contributed by atoms with van der Waals surface area (Å²) in [5, 5.41) is 0. The van der Waals surface area contributed by atoms with Crippen LogP contribution in [0.2, 0.25) is 0 Å². The van der Waals surface area contributed by atoms with Gasteiger partial charge in [-0.2, -0.15) is 0 Å². The third kappa shape index (κ3) is 5.92. The molecule has 0 saturated carbocycles. The molecule has 0 unspecified atom stereocenters. The first-order valence-electron chi connectivity index (χ1n) is 7.15. The van der Waals surface area contributed by atoms with Crippen LogP contribution >= 0.6 is 0 Å². The molecule has 0 N–H and O–H groups in total. The van der Waals surface area contributed by atoms with Crippen LogP contribution < -0.4 is 9.47 Å². The number of carbonyl (C=O) groups is 2. The van der Waals surface area contributed by atoms with Crippen molar-refractivity contribution in [1.82, 2.24) is 0 Å². The lowest BCUT2D eigenvalue weighted by atomic mass is 10.2. The van der Waals surface area contributed by atoms with Crippen LogP contribution in [0.3, 0.4) is 0 Å². The second-order valence-electron chi connectivity index (χ2n) is 4.97. The highest BCUT2D eigenvalue weighted by atomic mass is 16.5. The standard InChI is InChI=1S/C18H18O5/c1-13(19)22-17-7-3-15(4-8-17)11-21-12-16-5-9-18(10-6-16)23-14(2)20/h3-10H,11-12H2,1-2H3. The highest BCUT2D eigenvalue weighted by Crippen LogP contribution is 2.15. The van der Waals surface area contributed by atoms with Crippen LogP contribution in [-0.2, 0) is 27.5 Å². The van der Waals surface area contributed by atoms with Crippen LogP contribution in [0.25, 0.3) is 0 Å². The maximum Gasteiger partial charge on any atom is 0.308 e. The normalized spacial score (nSPS) is 10.2. The number of rotatable bonds is 6. The second kappa shape index (κ2) is 8.10. The molecule has 0 saturated heterocycles. The number of esters is 2. The van der Waals surface area contributed by atoms with Crippen LogP contribution in [0.4, 0.5) is 0 Å². The third-order valence-electron chi connectivity index (χ3n) is 2.91. The molecule has 0 aliphatic heterocycles. The van der Waals surface area contributed by atoms with Gasteiger partial charge in [0.2, 0.25) is 0 Å². The van der Waals surface area contributed by atoms with Gasteiger partial charge in [-0.1, -0.05) is 24.3 Å². The summed E-state index contributed by atoms with van der Waals surface area (Å²) >= 11 is 0. The van der Waals surface area contributed by atoms with Gasteiger partial charge in [0.1, 0.15) is 11.5 Å². The average Bonchev–Trinajstić information content (AvgIpc) is 2.50. The molecule has 23 heavy (non-hydrogen) atoms. The molecular formula is C18H18O5. The lowest BCUT2D eigenvalue weighted by Gasteiger charge is -2.07. The largest absolute Gasteiger partial charge is 0.427 e. The topological polar surface area (TPSA) is 61.8 Å². The van der Waals surface area contributed by atoms with Gasteiger partial charge in [-0.15, -0.1) is 0 Å². The van der Waals surface area contributed by atoms with E-state index in [1.165, 1.54) is 13.8 Å². The molecule has 0 aromatic heterocycles. The van der Waals surface area contributed by atoms with E-state index in [0.717, 1.165) is 11.1 Å². The molecular weight excluding hydrogens is 296 g/mol. The van der Waals surface area contributed by atoms with E-state index in [-0.39, 0.29) is 11.9 Å². The zero-order valence-electron chi connectivity index (χ0n) is 13.1. The summed E-state index contributed by atoms with van der Waals surface area (Å²) in [4.78, 5) is 21.7. The lowest BCUT2D eigenvalue weighted by Crippen LogP contribution is -2.02. The fourth-order valence-electron chi connectivity index (χ4n) is 1.93. The first kappa shape index (κ1) is 16.7. The number of hydrogen-bond acceptors (Lipinski definition) is 5. The molecule has 0 aliphatic rings. The Morgan fingerprint density at radius 2 is 1.04 bits per heavy atom. The van der Waals surface area contributed by atoms with Crippen molar-refractivity contribution >= 4 is 11.9 Å². The SMILES string of the molecule is CC(=O)Oc1ccc(COCc2ccc(OC(C)=O)cc2)cc1. The summed E-state index contributed by atoms with van der Waals surface area (Å²) in [5.74, 6) is 0.349. The molecule has 120 valence electrons. The van der Waals surface area contributed by atoms with E-state index in [1.807, 2.05) is 24.3 Å². The van der Waals surface area contributed by atoms with Crippen molar-refractivity contribution in [2.75, 3.05) is 0 Å². The van der Waals surface area contributed by atoms with Crippen molar-refractivity contribution in [2.24, 2.45) is 0 Å². The fourth-order valence-corrected chi connectivity index (χ4v) is 1.93. The van der Waals surface area contributed by atoms with Crippen LogP contribution in [0.5, 0.6) is 11.5 Å². The van der Waals surface area contributed by atoms with Gasteiger partial charge in [0.05, 0.1) is 13.2 Å². The molecule has 2 aromatic rings. The van der Waals surface area contributed by atoms with Gasteiger partial charge in [0, 0.05) is 13.8 Å². The van der Waals surface area contributed by atoms with Gasteiger partial charge in [-0.25, -0.2) is 0 Å². The fraction of sp³-hybridized carbons (Fsp3) is 0.222. The summed E-state index contributed by atoms with van der Waals surface area (Å²) in [6.45, 7) is 3.63. The second-order valence-corrected chi connectivity index (χ2v) is 4.97. The minimum atomic E-state index is -0.341. The summed E-state index contributed by atoms with van der Waals surface area (Å²) in [7, 11) is 0. The van der Waals surface area contributed by atoms with Crippen LogP contribution in [0, 0.1) is 0 Å². The van der Waals surface area contributed by atoms with Crippen LogP contribution in [-0.4, -0.2) is 11.9 Å². The molecule has 2 aromatic carbocycles. The van der Waals surface area contributed by atoms with Gasteiger partial charge in [-0.05, 0) is 35.4 Å². The van der Waals surface area contributed by atoms with Crippen molar-refractivity contribution in [2.45, 2.75) is 27.1 Å². The zero-order chi connectivity index (χ0) is 16.7. The molecule has 2 rings (SSSR count). The minimum absolute atomic E-state index is 0.341. The zero-order valence-corrected chi connectivity index (χ0v) is 13.1. The molecule has 0 fully saturated rings. The molecule has 0 spiro atoms. The predicted molar refractivity (Wildman–Crippen MR) is 84.0 cm³/mol. The van der Waals surface area contributed by atoms with Crippen LogP contribution in [0.1, 0.15) is 25.0 Å². The minimum Gasteiger partial charge on any atom is -0.427 e. The van der Waals surface area contributed by atoms with Crippen molar-refractivity contribution in [3.8, 4) is 11.5 Å². The maximum atomic E-state index is 10.8. The van der Waals surface area contributed by atoms with Crippen molar-refractivity contribution in [1.29, 1.82) is 0 Å². The molecule has 0 atom stereocenters. The number of ether oxygens (including phenoxy) is 3. The molecule has 0 radical (unpaired) electrons. The molecule has 0 heterocycles. The maximum absolute atomic E-state index is 10.8. The van der Waals surface area contributed by atoms with E-state index in [1.54, 1.807) is 24.3 Å². The van der Waals surface area contributed by atoms with Gasteiger partial charge in [-0.3, -0.25) is 9.59 Å². The van der Waals surface area contributed by atoms with Gasteiger partial charge in [0.25, 0.3) is 0 Å². The molecule has 5 heteroatoms. The van der Waals surface area contributed by atoms with Gasteiger partial charge < -0.3 is 14.2 Å². The molecule has 0 bridgehead atoms. The quantitative estimate of drug-likeness (QED) is 0.605. The first-order valence-corrected chi connectivity index (χ1v) is 7.15. The Labute approximate surface area is 134 Å². The highest BCUT2D eigenvalue weighted by Gasteiger charge is 2.01. The average molecular weight is 314 g/mol. The Bertz CT molecular complexity index is 599. The number of hydrogen-bond donors (Lipinski definition) is 0. The van der Waals surface area contributed by atoms with Crippen molar-refractivity contribution < 1.29 is 23.8 Å². The monoisotopic (exact) mass is 314 g/mol. The predicted octanol–water partition coefficient (Wildman–Crippen LogP) is 3.25. The number of benzene rings is 2. The van der Waals surface area contributed by atoms with E-state index >= 15 is 0 Å². The summed E-state index contributed by atoms with van der Waals surface area (Å²) < 4.78 is 15.6. The molecule has 5 nitrogen and oxygen atoms in total. The molecule has 0 aliphatic carbocycles. The Morgan fingerprint density at radius 3 is 1.35 bits per heavy atom. The molecule has 0 amide bonds. The van der Waals surface area contributed by atoms with E-state index in [2.05, 4.69) is 0 Å². The number of carbonyl (C=O) groups excluding carboxylic acids is 2. The Balaban J connectivity index is 1.80. The Kier molecular flexibility index (Phi) is 5.88. The van der Waals surface area contributed by atoms with Gasteiger partial charge >= 0.3 is 11.9 Å². The van der Waals surface area contributed by atoms with E-state index in [4.69, 9.17) is 14.2 Å². The Hall–Kier alpha value is -2.66. The smallest absolute Gasteiger partial charge is 0.308 e. The lowest BCUT2D eigenvalue weighted by molar-refractivity contribution is -0.132. The summed E-state index contributed by atoms with van der Waals surface area (Å²) in [6.07, 6.45) is 0. The first-order chi connectivity index (χ1) is 11.0. The van der Waals surface area contributed by atoms with E-state index in [0.29, 0.717) is 24.7 Å². The van der Waals surface area contributed by atoms with E-state index in [9.17, 15) is 9.59 Å². The highest BCUT2D eigenvalue weighted by molar-refractivity contribution is 5.69. The summed E-state index contributed by atoms with van der Waals surface area (Å²) in [6, 6.07) is 14.3.